The fraction of sp³-hybridized carbons (Fsp3) is 0.700. The number of rotatable bonds is 2. The summed E-state index contributed by atoms with van der Waals surface area (Å²) < 4.78 is 10.2. The summed E-state index contributed by atoms with van der Waals surface area (Å²) in [5, 5.41) is 17.7. The first kappa shape index (κ1) is 25.3. The molecule has 2 atom stereocenters. The van der Waals surface area contributed by atoms with Gasteiger partial charge in [-0.3, -0.25) is 9.80 Å². The maximum Gasteiger partial charge on any atom is 0.411 e. The topological polar surface area (TPSA) is 134 Å². The van der Waals surface area contributed by atoms with Crippen LogP contribution >= 0.6 is 0 Å². The maximum atomic E-state index is 11.6. The number of nitrogens with zero attached hydrogens (tertiary/aromatic N) is 2. The van der Waals surface area contributed by atoms with Gasteiger partial charge in [0.2, 0.25) is 0 Å². The number of carbonyl (C=O) groups is 4. The molecule has 30 heavy (non-hydrogen) atoms. The third-order valence-electron chi connectivity index (χ3n) is 4.00. The summed E-state index contributed by atoms with van der Waals surface area (Å²) >= 11 is 0. The van der Waals surface area contributed by atoms with E-state index in [9.17, 15) is 19.2 Å². The molecule has 0 aromatic carbocycles. The smallest absolute Gasteiger partial charge is 0.411 e. The Balaban J connectivity index is 0.000000300. The standard InChI is InChI=1S/C10H17NO4.C10H15NO4/c2*1-10(2,3)15-9(14)11-6-4-5-7(11)8(12)13/h7H,4-6H2,1-3H3,(H,12,13);4-5,7H,6H2,1-3H3,(H,12,13)/t2*7-/m00/s1. The molecule has 2 N–H and O–H groups in total. The van der Waals surface area contributed by atoms with Gasteiger partial charge in [-0.25, -0.2) is 19.2 Å². The number of carboxylic acids is 2. The summed E-state index contributed by atoms with van der Waals surface area (Å²) in [6, 6.07) is -1.63. The summed E-state index contributed by atoms with van der Waals surface area (Å²) in [6.07, 6.45) is 3.21. The molecule has 0 saturated carbocycles. The Labute approximate surface area is 176 Å². The van der Waals surface area contributed by atoms with Crippen LogP contribution in [0.3, 0.4) is 0 Å². The van der Waals surface area contributed by atoms with Crippen LogP contribution in [0, 0.1) is 0 Å². The van der Waals surface area contributed by atoms with E-state index in [1.165, 1.54) is 15.9 Å². The van der Waals surface area contributed by atoms with Gasteiger partial charge < -0.3 is 19.7 Å². The van der Waals surface area contributed by atoms with Gasteiger partial charge in [0.25, 0.3) is 0 Å². The SMILES string of the molecule is CC(C)(C)OC(=O)N1CC=C[C@H]1C(=O)O.CC(C)(C)OC(=O)N1CCC[C@H]1C(=O)O. The van der Waals surface area contributed by atoms with Gasteiger partial charge in [-0.2, -0.15) is 0 Å². The number of amides is 2. The van der Waals surface area contributed by atoms with E-state index in [1.54, 1.807) is 47.6 Å². The molecule has 0 bridgehead atoms. The highest BCUT2D eigenvalue weighted by Gasteiger charge is 2.36. The molecule has 0 aromatic rings. The van der Waals surface area contributed by atoms with Gasteiger partial charge in [-0.15, -0.1) is 0 Å². The van der Waals surface area contributed by atoms with Gasteiger partial charge in [-0.05, 0) is 54.4 Å². The molecule has 1 fully saturated rings. The second-order valence-electron chi connectivity index (χ2n) is 9.01. The summed E-state index contributed by atoms with van der Waals surface area (Å²) in [6.45, 7) is 11.3. The molecule has 2 heterocycles. The van der Waals surface area contributed by atoms with Crippen molar-refractivity contribution in [1.29, 1.82) is 0 Å². The monoisotopic (exact) mass is 428 g/mol. The minimum Gasteiger partial charge on any atom is -0.480 e. The number of carboxylic acid groups (broad SMARTS) is 2. The summed E-state index contributed by atoms with van der Waals surface area (Å²) in [4.78, 5) is 47.3. The van der Waals surface area contributed by atoms with Crippen LogP contribution in [0.5, 0.6) is 0 Å². The Morgan fingerprint density at radius 3 is 1.80 bits per heavy atom. The highest BCUT2D eigenvalue weighted by atomic mass is 16.6. The predicted molar refractivity (Wildman–Crippen MR) is 107 cm³/mol. The molecule has 1 saturated heterocycles. The molecule has 2 aliphatic heterocycles. The van der Waals surface area contributed by atoms with Crippen molar-refractivity contribution < 1.29 is 38.9 Å². The first-order valence-corrected chi connectivity index (χ1v) is 9.74. The Kier molecular flexibility index (Phi) is 8.26. The fourth-order valence-corrected chi connectivity index (χ4v) is 2.81. The van der Waals surface area contributed by atoms with Crippen LogP contribution in [0.4, 0.5) is 9.59 Å². The van der Waals surface area contributed by atoms with Crippen molar-refractivity contribution in [3.05, 3.63) is 12.2 Å². The summed E-state index contributed by atoms with van der Waals surface area (Å²) in [5.41, 5.74) is -1.19. The lowest BCUT2D eigenvalue weighted by molar-refractivity contribution is -0.142. The normalized spacial score (nSPS) is 21.0. The van der Waals surface area contributed by atoms with Crippen molar-refractivity contribution in [3.63, 3.8) is 0 Å². The van der Waals surface area contributed by atoms with Crippen molar-refractivity contribution in [2.75, 3.05) is 13.1 Å². The average Bonchev–Trinajstić information content (AvgIpc) is 3.22. The molecule has 0 aromatic heterocycles. The van der Waals surface area contributed by atoms with Crippen molar-refractivity contribution in [3.8, 4) is 0 Å². The third-order valence-corrected chi connectivity index (χ3v) is 4.00. The second-order valence-corrected chi connectivity index (χ2v) is 9.01. The van der Waals surface area contributed by atoms with Crippen LogP contribution in [-0.4, -0.2) is 80.5 Å². The van der Waals surface area contributed by atoms with Gasteiger partial charge in [0.15, 0.2) is 6.04 Å². The van der Waals surface area contributed by atoms with E-state index in [4.69, 9.17) is 19.7 Å². The van der Waals surface area contributed by atoms with E-state index in [0.29, 0.717) is 13.0 Å². The quantitative estimate of drug-likeness (QED) is 0.641. The summed E-state index contributed by atoms with van der Waals surface area (Å²) in [7, 11) is 0. The highest BCUT2D eigenvalue weighted by molar-refractivity contribution is 5.83. The lowest BCUT2D eigenvalue weighted by Gasteiger charge is -2.26. The fourth-order valence-electron chi connectivity index (χ4n) is 2.81. The van der Waals surface area contributed by atoms with Crippen LogP contribution in [0.15, 0.2) is 12.2 Å². The van der Waals surface area contributed by atoms with E-state index in [1.807, 2.05) is 0 Å². The first-order valence-electron chi connectivity index (χ1n) is 9.74. The molecule has 10 heteroatoms. The van der Waals surface area contributed by atoms with Crippen LogP contribution < -0.4 is 0 Å². The molecule has 0 radical (unpaired) electrons. The maximum absolute atomic E-state index is 11.6. The van der Waals surface area contributed by atoms with Gasteiger partial charge in [-0.1, -0.05) is 12.2 Å². The van der Waals surface area contributed by atoms with E-state index < -0.39 is 47.4 Å². The molecule has 10 nitrogen and oxygen atoms in total. The first-order chi connectivity index (χ1) is 13.6. The van der Waals surface area contributed by atoms with E-state index in [-0.39, 0.29) is 6.54 Å². The molecule has 2 aliphatic rings. The highest BCUT2D eigenvalue weighted by Crippen LogP contribution is 2.20. The van der Waals surface area contributed by atoms with Crippen molar-refractivity contribution in [1.82, 2.24) is 9.80 Å². The molecule has 2 rings (SSSR count). The number of aliphatic carboxylic acids is 2. The van der Waals surface area contributed by atoms with Crippen LogP contribution in [0.1, 0.15) is 54.4 Å². The van der Waals surface area contributed by atoms with Gasteiger partial charge in [0, 0.05) is 13.1 Å². The van der Waals surface area contributed by atoms with Crippen LogP contribution in [-0.2, 0) is 19.1 Å². The molecular weight excluding hydrogens is 396 g/mol. The zero-order valence-corrected chi connectivity index (χ0v) is 18.4. The Hall–Kier alpha value is -2.78. The van der Waals surface area contributed by atoms with Gasteiger partial charge >= 0.3 is 24.1 Å². The lowest BCUT2D eigenvalue weighted by Crippen LogP contribution is -2.43. The van der Waals surface area contributed by atoms with E-state index in [2.05, 4.69) is 0 Å². The number of likely N-dealkylation sites (tertiary alicyclic amines) is 1. The van der Waals surface area contributed by atoms with E-state index in [0.717, 1.165) is 6.42 Å². The number of ether oxygens (including phenoxy) is 2. The lowest BCUT2D eigenvalue weighted by atomic mass is 10.2. The van der Waals surface area contributed by atoms with Crippen molar-refractivity contribution >= 4 is 24.1 Å². The van der Waals surface area contributed by atoms with Gasteiger partial charge in [0.05, 0.1) is 0 Å². The van der Waals surface area contributed by atoms with Crippen molar-refractivity contribution in [2.45, 2.75) is 77.7 Å². The Morgan fingerprint density at radius 1 is 0.867 bits per heavy atom. The minimum absolute atomic E-state index is 0.284. The minimum atomic E-state index is -1.05. The summed E-state index contributed by atoms with van der Waals surface area (Å²) in [5.74, 6) is -2.01. The number of carbonyl (C=O) groups excluding carboxylic acids is 2. The Bertz CT molecular complexity index is 664. The number of hydrogen-bond acceptors (Lipinski definition) is 6. The molecular formula is C20H32N2O8. The molecule has 0 aliphatic carbocycles. The molecule has 170 valence electrons. The second kappa shape index (κ2) is 9.82. The molecule has 2 amide bonds. The predicted octanol–water partition coefficient (Wildman–Crippen LogP) is 2.72. The Morgan fingerprint density at radius 2 is 1.37 bits per heavy atom. The molecule has 0 spiro atoms. The zero-order chi connectivity index (χ0) is 23.3. The van der Waals surface area contributed by atoms with E-state index >= 15 is 0 Å². The largest absolute Gasteiger partial charge is 0.480 e. The van der Waals surface area contributed by atoms with Crippen LogP contribution in [0.25, 0.3) is 0 Å². The van der Waals surface area contributed by atoms with Crippen LogP contribution in [0.2, 0.25) is 0 Å². The zero-order valence-electron chi connectivity index (χ0n) is 18.4. The van der Waals surface area contributed by atoms with Crippen molar-refractivity contribution in [2.24, 2.45) is 0 Å². The molecule has 0 unspecified atom stereocenters. The number of hydrogen-bond donors (Lipinski definition) is 2. The van der Waals surface area contributed by atoms with Gasteiger partial charge in [0.1, 0.15) is 17.2 Å². The average molecular weight is 428 g/mol. The third kappa shape index (κ3) is 7.92.